The fourth-order valence-corrected chi connectivity index (χ4v) is 5.54. The number of fused-ring (bicyclic) bond motifs is 1. The number of carbonyl (C=O) groups is 2. The van der Waals surface area contributed by atoms with Gasteiger partial charge in [0.15, 0.2) is 6.73 Å². The van der Waals surface area contributed by atoms with Crippen molar-refractivity contribution in [1.29, 1.82) is 0 Å². The number of amides is 2. The molecule has 0 bridgehead atoms. The molecule has 3 aliphatic heterocycles. The molecule has 0 saturated carbocycles. The summed E-state index contributed by atoms with van der Waals surface area (Å²) in [6.45, 7) is 9.57. The van der Waals surface area contributed by atoms with Crippen LogP contribution < -0.4 is 9.64 Å². The van der Waals surface area contributed by atoms with Crippen LogP contribution in [0.5, 0.6) is 6.01 Å². The summed E-state index contributed by atoms with van der Waals surface area (Å²) in [6.07, 6.45) is 0.748. The van der Waals surface area contributed by atoms with Crippen molar-refractivity contribution < 1.29 is 28.9 Å². The zero-order chi connectivity index (χ0) is 30.6. The molecule has 2 amide bonds. The monoisotopic (exact) mass is 597 g/mol. The minimum absolute atomic E-state index is 0.195. The predicted octanol–water partition coefficient (Wildman–Crippen LogP) is 2.48. The van der Waals surface area contributed by atoms with Crippen molar-refractivity contribution in [2.75, 3.05) is 64.6 Å². The molecule has 0 radical (unpaired) electrons. The van der Waals surface area contributed by atoms with Crippen LogP contribution in [0.2, 0.25) is 0 Å². The van der Waals surface area contributed by atoms with Crippen molar-refractivity contribution in [3.05, 3.63) is 47.2 Å². The van der Waals surface area contributed by atoms with Gasteiger partial charge in [-0.25, -0.2) is 19.6 Å². The molecule has 1 aromatic carbocycles. The van der Waals surface area contributed by atoms with Crippen molar-refractivity contribution in [1.82, 2.24) is 29.8 Å². The summed E-state index contributed by atoms with van der Waals surface area (Å²) in [6, 6.07) is 9.34. The fourth-order valence-electron chi connectivity index (χ4n) is 5.54. The number of benzene rings is 1. The van der Waals surface area contributed by atoms with Crippen LogP contribution in [0, 0.1) is 0 Å². The van der Waals surface area contributed by atoms with Crippen LogP contribution in [0.4, 0.5) is 15.4 Å². The third-order valence-corrected chi connectivity index (χ3v) is 7.83. The van der Waals surface area contributed by atoms with Crippen LogP contribution >= 0.6 is 0 Å². The first-order chi connectivity index (χ1) is 20.6. The number of aliphatic hydroxyl groups is 1. The van der Waals surface area contributed by atoms with E-state index in [4.69, 9.17) is 24.2 Å². The minimum Gasteiger partial charge on any atom is -0.446 e. The van der Waals surface area contributed by atoms with Gasteiger partial charge in [-0.15, -0.1) is 0 Å². The SMILES string of the molecule is CN1CCCN1COc1nc2c(c(N3CCN(C(=O)OC(C)(C)C)[C@H](CO)C3)n1)CCN(C(=O)OCc1ccccc1)C2. The highest BCUT2D eigenvalue weighted by molar-refractivity contribution is 5.70. The number of rotatable bonds is 7. The number of hydrogen-bond donors (Lipinski definition) is 1. The van der Waals surface area contributed by atoms with Crippen molar-refractivity contribution >= 4 is 18.0 Å². The first-order valence-electron chi connectivity index (χ1n) is 14.9. The molecule has 2 saturated heterocycles. The van der Waals surface area contributed by atoms with E-state index >= 15 is 0 Å². The van der Waals surface area contributed by atoms with E-state index in [2.05, 4.69) is 14.9 Å². The summed E-state index contributed by atoms with van der Waals surface area (Å²) in [4.78, 5) is 40.7. The Morgan fingerprint density at radius 2 is 1.81 bits per heavy atom. The number of anilines is 1. The first-order valence-corrected chi connectivity index (χ1v) is 14.9. The Hall–Kier alpha value is -3.68. The highest BCUT2D eigenvalue weighted by Gasteiger charge is 2.36. The molecule has 1 atom stereocenters. The number of aliphatic hydroxyl groups excluding tert-OH is 1. The van der Waals surface area contributed by atoms with Crippen LogP contribution in [-0.4, -0.2) is 118 Å². The van der Waals surface area contributed by atoms with Gasteiger partial charge in [-0.3, -0.25) is 4.90 Å². The third kappa shape index (κ3) is 7.64. The average molecular weight is 598 g/mol. The normalized spacial score (nSPS) is 19.7. The number of carbonyl (C=O) groups excluding carboxylic acids is 2. The molecule has 13 heteroatoms. The second-order valence-electron chi connectivity index (χ2n) is 12.2. The topological polar surface area (TPSA) is 124 Å². The molecule has 5 rings (SSSR count). The van der Waals surface area contributed by atoms with Gasteiger partial charge in [-0.2, -0.15) is 9.97 Å². The van der Waals surface area contributed by atoms with Crippen molar-refractivity contribution in [3.8, 4) is 6.01 Å². The Balaban J connectivity index is 1.34. The van der Waals surface area contributed by atoms with E-state index in [0.29, 0.717) is 50.8 Å². The van der Waals surface area contributed by atoms with Crippen molar-refractivity contribution in [2.45, 2.75) is 58.4 Å². The number of hydrogen-bond acceptors (Lipinski definition) is 11. The number of aromatic nitrogens is 2. The van der Waals surface area contributed by atoms with Gasteiger partial charge in [0.05, 0.1) is 24.9 Å². The molecule has 0 unspecified atom stereocenters. The van der Waals surface area contributed by atoms with E-state index in [9.17, 15) is 14.7 Å². The quantitative estimate of drug-likeness (QED) is 0.506. The minimum atomic E-state index is -0.635. The smallest absolute Gasteiger partial charge is 0.410 e. The molecule has 234 valence electrons. The maximum atomic E-state index is 13.0. The molecule has 1 aromatic heterocycles. The van der Waals surface area contributed by atoms with Crippen molar-refractivity contribution in [2.24, 2.45) is 0 Å². The Bertz CT molecular complexity index is 1270. The molecule has 2 aromatic rings. The van der Waals surface area contributed by atoms with Gasteiger partial charge in [-0.05, 0) is 39.2 Å². The highest BCUT2D eigenvalue weighted by Crippen LogP contribution is 2.31. The molecule has 43 heavy (non-hydrogen) atoms. The Morgan fingerprint density at radius 3 is 2.51 bits per heavy atom. The van der Waals surface area contributed by atoms with Gasteiger partial charge in [-0.1, -0.05) is 30.3 Å². The third-order valence-electron chi connectivity index (χ3n) is 7.83. The molecule has 0 spiro atoms. The molecule has 1 N–H and O–H groups in total. The van der Waals surface area contributed by atoms with Crippen LogP contribution in [0.1, 0.15) is 44.0 Å². The van der Waals surface area contributed by atoms with Crippen LogP contribution in [0.3, 0.4) is 0 Å². The lowest BCUT2D eigenvalue weighted by molar-refractivity contribution is -0.0151. The molecular formula is C30H43N7O6. The van der Waals surface area contributed by atoms with Crippen LogP contribution in [0.15, 0.2) is 30.3 Å². The lowest BCUT2D eigenvalue weighted by Crippen LogP contribution is -2.58. The lowest BCUT2D eigenvalue weighted by Gasteiger charge is -2.42. The molecule has 13 nitrogen and oxygen atoms in total. The summed E-state index contributed by atoms with van der Waals surface area (Å²) < 4.78 is 17.3. The highest BCUT2D eigenvalue weighted by atomic mass is 16.6. The van der Waals surface area contributed by atoms with Gasteiger partial charge >= 0.3 is 18.2 Å². The van der Waals surface area contributed by atoms with Gasteiger partial charge in [0, 0.05) is 51.9 Å². The van der Waals surface area contributed by atoms with E-state index in [0.717, 1.165) is 30.6 Å². The Kier molecular flexibility index (Phi) is 9.52. The van der Waals surface area contributed by atoms with E-state index < -0.39 is 23.8 Å². The zero-order valence-corrected chi connectivity index (χ0v) is 25.6. The number of nitrogens with zero attached hydrogens (tertiary/aromatic N) is 7. The van der Waals surface area contributed by atoms with Crippen LogP contribution in [-0.2, 0) is 29.0 Å². The second-order valence-corrected chi connectivity index (χ2v) is 12.2. The van der Waals surface area contributed by atoms with E-state index in [1.165, 1.54) is 0 Å². The van der Waals surface area contributed by atoms with Gasteiger partial charge < -0.3 is 29.1 Å². The van der Waals surface area contributed by atoms with E-state index in [1.54, 1.807) is 9.80 Å². The zero-order valence-electron chi connectivity index (χ0n) is 25.6. The maximum Gasteiger partial charge on any atom is 0.410 e. The average Bonchev–Trinajstić information content (AvgIpc) is 3.41. The summed E-state index contributed by atoms with van der Waals surface area (Å²) in [5, 5.41) is 14.4. The number of piperazine rings is 1. The largest absolute Gasteiger partial charge is 0.446 e. The van der Waals surface area contributed by atoms with E-state index in [1.807, 2.05) is 58.2 Å². The van der Waals surface area contributed by atoms with Gasteiger partial charge in [0.2, 0.25) is 0 Å². The Morgan fingerprint density at radius 1 is 1.02 bits per heavy atom. The van der Waals surface area contributed by atoms with Crippen molar-refractivity contribution in [3.63, 3.8) is 0 Å². The summed E-state index contributed by atoms with van der Waals surface area (Å²) >= 11 is 0. The van der Waals surface area contributed by atoms with Crippen LogP contribution in [0.25, 0.3) is 0 Å². The fraction of sp³-hybridized carbons (Fsp3) is 0.600. The molecule has 4 heterocycles. The molecule has 2 fully saturated rings. The first kappa shape index (κ1) is 30.8. The molecule has 0 aliphatic carbocycles. The Labute approximate surface area is 252 Å². The maximum absolute atomic E-state index is 13.0. The van der Waals surface area contributed by atoms with Gasteiger partial charge in [0.1, 0.15) is 18.0 Å². The van der Waals surface area contributed by atoms with Gasteiger partial charge in [0.25, 0.3) is 0 Å². The molecular weight excluding hydrogens is 554 g/mol. The predicted molar refractivity (Wildman–Crippen MR) is 158 cm³/mol. The molecule has 3 aliphatic rings. The summed E-state index contributed by atoms with van der Waals surface area (Å²) in [7, 11) is 2.02. The lowest BCUT2D eigenvalue weighted by atomic mass is 10.0. The second kappa shape index (κ2) is 13.3. The van der Waals surface area contributed by atoms with E-state index in [-0.39, 0.29) is 25.8 Å². The summed E-state index contributed by atoms with van der Waals surface area (Å²) in [5.74, 6) is 0.703. The number of ether oxygens (including phenoxy) is 3. The standard InChI is InChI=1S/C30H43N7O6/c1-30(2,3)43-29(40)37-16-15-34(17-23(37)19-38)26-24-11-14-35(28(39)41-20-22-9-6-5-7-10-22)18-25(24)31-27(32-26)42-21-36-13-8-12-33(36)4/h5-7,9-10,23,38H,8,11-21H2,1-4H3/t23-/m0/s1. The number of hydrazine groups is 1. The summed E-state index contributed by atoms with van der Waals surface area (Å²) in [5.41, 5.74) is 1.92.